The van der Waals surface area contributed by atoms with E-state index in [0.717, 1.165) is 24.4 Å². The minimum absolute atomic E-state index is 0.597. The van der Waals surface area contributed by atoms with Gasteiger partial charge >= 0.3 is 0 Å². The molecule has 10 heavy (non-hydrogen) atoms. The van der Waals surface area contributed by atoms with Crippen LogP contribution in [0.3, 0.4) is 0 Å². The first-order valence-electron chi connectivity index (χ1n) is 4.23. The second kappa shape index (κ2) is 1.65. The zero-order valence-corrected chi connectivity index (χ0v) is 5.99. The van der Waals surface area contributed by atoms with Crippen LogP contribution in [0.1, 0.15) is 12.8 Å². The summed E-state index contributed by atoms with van der Waals surface area (Å²) in [6.45, 7) is 1.04. The third-order valence-corrected chi connectivity index (χ3v) is 3.29. The van der Waals surface area contributed by atoms with Crippen LogP contribution in [-0.4, -0.2) is 12.7 Å². The normalized spacial score (nSPS) is 56.0. The number of hydrogen-bond acceptors (Lipinski definition) is 1. The van der Waals surface area contributed by atoms with E-state index in [2.05, 4.69) is 12.2 Å². The van der Waals surface area contributed by atoms with Crippen molar-refractivity contribution in [3.63, 3.8) is 0 Å². The summed E-state index contributed by atoms with van der Waals surface area (Å²) >= 11 is 0. The molecule has 4 unspecified atom stereocenters. The Balaban J connectivity index is 2.04. The van der Waals surface area contributed by atoms with Gasteiger partial charge in [0.05, 0.1) is 12.7 Å². The second-order valence-electron chi connectivity index (χ2n) is 3.82. The zero-order valence-electron chi connectivity index (χ0n) is 5.99. The van der Waals surface area contributed by atoms with Crippen molar-refractivity contribution >= 4 is 0 Å². The van der Waals surface area contributed by atoms with Crippen molar-refractivity contribution < 1.29 is 4.74 Å². The van der Waals surface area contributed by atoms with E-state index >= 15 is 0 Å². The smallest absolute Gasteiger partial charge is 0.0643 e. The molecule has 4 atom stereocenters. The van der Waals surface area contributed by atoms with Crippen molar-refractivity contribution in [1.29, 1.82) is 0 Å². The van der Waals surface area contributed by atoms with Crippen LogP contribution in [0.25, 0.3) is 0 Å². The first-order chi connectivity index (χ1) is 4.93. The number of rotatable bonds is 0. The monoisotopic (exact) mass is 136 g/mol. The van der Waals surface area contributed by atoms with Gasteiger partial charge in [-0.05, 0) is 24.7 Å². The van der Waals surface area contributed by atoms with Crippen LogP contribution in [-0.2, 0) is 4.74 Å². The fourth-order valence-electron chi connectivity index (χ4n) is 2.67. The van der Waals surface area contributed by atoms with E-state index in [9.17, 15) is 0 Å². The van der Waals surface area contributed by atoms with Crippen molar-refractivity contribution in [3.8, 4) is 0 Å². The molecule has 0 radical (unpaired) electrons. The summed E-state index contributed by atoms with van der Waals surface area (Å²) in [5.41, 5.74) is 0. The van der Waals surface area contributed by atoms with Crippen molar-refractivity contribution in [2.45, 2.75) is 18.9 Å². The van der Waals surface area contributed by atoms with Crippen LogP contribution >= 0.6 is 0 Å². The molecule has 4 bridgehead atoms. The van der Waals surface area contributed by atoms with Gasteiger partial charge in [-0.15, -0.1) is 0 Å². The van der Waals surface area contributed by atoms with Crippen molar-refractivity contribution in [2.75, 3.05) is 6.61 Å². The quantitative estimate of drug-likeness (QED) is 0.459. The molecule has 0 aromatic heterocycles. The van der Waals surface area contributed by atoms with E-state index in [4.69, 9.17) is 4.74 Å². The van der Waals surface area contributed by atoms with Crippen LogP contribution in [0.5, 0.6) is 0 Å². The molecule has 5 rings (SSSR count). The zero-order chi connectivity index (χ0) is 6.55. The molecule has 1 heteroatoms. The highest BCUT2D eigenvalue weighted by molar-refractivity contribution is 5.11. The molecule has 2 aliphatic heterocycles. The number of hydrogen-bond donors (Lipinski definition) is 0. The van der Waals surface area contributed by atoms with Gasteiger partial charge in [-0.1, -0.05) is 12.2 Å². The van der Waals surface area contributed by atoms with Crippen LogP contribution < -0.4 is 0 Å². The first kappa shape index (κ1) is 5.36. The van der Waals surface area contributed by atoms with Gasteiger partial charge in [-0.3, -0.25) is 0 Å². The second-order valence-corrected chi connectivity index (χ2v) is 3.82. The Morgan fingerprint density at radius 1 is 1.10 bits per heavy atom. The Morgan fingerprint density at radius 2 is 2.00 bits per heavy atom. The maximum absolute atomic E-state index is 5.66. The topological polar surface area (TPSA) is 9.23 Å². The largest absolute Gasteiger partial charge is 0.377 e. The molecule has 2 saturated heterocycles. The molecule has 0 aromatic carbocycles. The molecule has 1 saturated carbocycles. The predicted octanol–water partition coefficient (Wildman–Crippen LogP) is 1.60. The Kier molecular flexibility index (Phi) is 0.883. The lowest BCUT2D eigenvalue weighted by molar-refractivity contribution is -0.113. The lowest BCUT2D eigenvalue weighted by Gasteiger charge is -2.48. The average molecular weight is 136 g/mol. The molecule has 3 aliphatic carbocycles. The summed E-state index contributed by atoms with van der Waals surface area (Å²) in [5.74, 6) is 2.53. The van der Waals surface area contributed by atoms with Crippen LogP contribution in [0.2, 0.25) is 0 Å². The third-order valence-electron chi connectivity index (χ3n) is 3.29. The SMILES string of the molecule is C1=CC2CC3COC2CC13. The van der Waals surface area contributed by atoms with Crippen molar-refractivity contribution in [1.82, 2.24) is 0 Å². The minimum Gasteiger partial charge on any atom is -0.377 e. The molecule has 0 amide bonds. The van der Waals surface area contributed by atoms with Gasteiger partial charge in [-0.2, -0.15) is 0 Å². The van der Waals surface area contributed by atoms with Gasteiger partial charge in [-0.25, -0.2) is 0 Å². The maximum Gasteiger partial charge on any atom is 0.0643 e. The molecular formula is C9H12O. The number of ether oxygens (including phenoxy) is 1. The lowest BCUT2D eigenvalue weighted by Crippen LogP contribution is -2.47. The van der Waals surface area contributed by atoms with Crippen LogP contribution in [0.4, 0.5) is 0 Å². The molecule has 5 aliphatic rings. The fourth-order valence-corrected chi connectivity index (χ4v) is 2.67. The maximum atomic E-state index is 5.66. The predicted molar refractivity (Wildman–Crippen MR) is 38.6 cm³/mol. The third kappa shape index (κ3) is 0.523. The van der Waals surface area contributed by atoms with E-state index in [-0.39, 0.29) is 0 Å². The van der Waals surface area contributed by atoms with E-state index in [1.165, 1.54) is 12.8 Å². The van der Waals surface area contributed by atoms with Gasteiger partial charge in [0, 0.05) is 5.92 Å². The highest BCUT2D eigenvalue weighted by atomic mass is 16.5. The molecular weight excluding hydrogens is 124 g/mol. The minimum atomic E-state index is 0.597. The average Bonchev–Trinajstić information content (AvgIpc) is 2.05. The van der Waals surface area contributed by atoms with Gasteiger partial charge in [0.1, 0.15) is 0 Å². The molecule has 0 spiro atoms. The molecule has 0 aromatic rings. The van der Waals surface area contributed by atoms with Crippen LogP contribution in [0.15, 0.2) is 12.2 Å². The summed E-state index contributed by atoms with van der Waals surface area (Å²) in [7, 11) is 0. The van der Waals surface area contributed by atoms with Crippen molar-refractivity contribution in [2.24, 2.45) is 17.8 Å². The van der Waals surface area contributed by atoms with E-state index in [0.29, 0.717) is 6.10 Å². The molecule has 0 N–H and O–H groups in total. The van der Waals surface area contributed by atoms with Gasteiger partial charge in [0.25, 0.3) is 0 Å². The highest BCUT2D eigenvalue weighted by Crippen LogP contribution is 2.46. The van der Waals surface area contributed by atoms with E-state index in [1.54, 1.807) is 0 Å². The Morgan fingerprint density at radius 3 is 2.50 bits per heavy atom. The number of fused-ring (bicyclic) bond motifs is 1. The fraction of sp³-hybridized carbons (Fsp3) is 0.778. The van der Waals surface area contributed by atoms with Gasteiger partial charge in [0.2, 0.25) is 0 Å². The Hall–Kier alpha value is -0.300. The molecule has 54 valence electrons. The lowest BCUT2D eigenvalue weighted by atomic mass is 9.66. The molecule has 1 nitrogen and oxygen atoms in total. The summed E-state index contributed by atoms with van der Waals surface area (Å²) in [6.07, 6.45) is 8.10. The highest BCUT2D eigenvalue weighted by Gasteiger charge is 2.43. The standard InChI is InChI=1S/C9H12O/c1-2-7-3-8-5-10-9(7)4-6(1)8/h1-2,6-9H,3-5H2. The Labute approximate surface area is 61.1 Å². The number of allylic oxidation sites excluding steroid dienone is 1. The van der Waals surface area contributed by atoms with E-state index < -0.39 is 0 Å². The summed E-state index contributed by atoms with van der Waals surface area (Å²) in [5, 5.41) is 0. The summed E-state index contributed by atoms with van der Waals surface area (Å²) < 4.78 is 5.66. The van der Waals surface area contributed by atoms with Crippen molar-refractivity contribution in [3.05, 3.63) is 12.2 Å². The van der Waals surface area contributed by atoms with Gasteiger partial charge in [0.15, 0.2) is 0 Å². The van der Waals surface area contributed by atoms with Gasteiger partial charge < -0.3 is 4.74 Å². The van der Waals surface area contributed by atoms with Crippen LogP contribution in [0, 0.1) is 17.8 Å². The summed E-state index contributed by atoms with van der Waals surface area (Å²) in [4.78, 5) is 0. The molecule has 3 fully saturated rings. The first-order valence-corrected chi connectivity index (χ1v) is 4.23. The Bertz CT molecular complexity index is 165. The summed E-state index contributed by atoms with van der Waals surface area (Å²) in [6, 6.07) is 0. The van der Waals surface area contributed by atoms with E-state index in [1.807, 2.05) is 0 Å². The molecule has 2 heterocycles.